The van der Waals surface area contributed by atoms with Crippen LogP contribution in [0.5, 0.6) is 0 Å². The second-order valence-electron chi connectivity index (χ2n) is 7.89. The number of likely N-dealkylation sites (tertiary alicyclic amines) is 1. The molecule has 1 saturated carbocycles. The molecule has 3 aromatic rings. The molecule has 1 amide bonds. The monoisotopic (exact) mass is 384 g/mol. The van der Waals surface area contributed by atoms with E-state index in [2.05, 4.69) is 38.1 Å². The average molecular weight is 385 g/mol. The zero-order valence-electron chi connectivity index (χ0n) is 15.5. The van der Waals surface area contributed by atoms with Crippen LogP contribution in [0.4, 0.5) is 0 Å². The third kappa shape index (κ3) is 3.08. The van der Waals surface area contributed by atoms with E-state index in [1.54, 1.807) is 17.6 Å². The van der Waals surface area contributed by atoms with Crippen LogP contribution in [0, 0.1) is 18.3 Å². The van der Waals surface area contributed by atoms with Crippen molar-refractivity contribution in [2.45, 2.75) is 39.3 Å². The van der Waals surface area contributed by atoms with Crippen LogP contribution in [0.2, 0.25) is 0 Å². The molecule has 27 heavy (non-hydrogen) atoms. The number of piperidine rings is 1. The highest BCUT2D eigenvalue weighted by Gasteiger charge is 2.58. The summed E-state index contributed by atoms with van der Waals surface area (Å²) in [7, 11) is 0. The maximum atomic E-state index is 12.5. The number of hydrogen-bond acceptors (Lipinski definition) is 5. The Balaban J connectivity index is 1.16. The van der Waals surface area contributed by atoms with Gasteiger partial charge in [-0.3, -0.25) is 14.1 Å². The standard InChI is InChI=1S/C20H24N4O2S/c1-14-17(24-8-10-27-19(24)22-14)13-23-6-4-20(5-7-23)11-16(20)18(25)21-12-15-3-2-9-26-15/h2-3,8-10,16H,4-7,11-13H2,1H3,(H,21,25)/t16-/m1/s1. The molecule has 1 spiro atoms. The van der Waals surface area contributed by atoms with E-state index < -0.39 is 0 Å². The highest BCUT2D eigenvalue weighted by atomic mass is 32.1. The molecule has 4 heterocycles. The summed E-state index contributed by atoms with van der Waals surface area (Å²) in [5.41, 5.74) is 2.66. The molecule has 7 heteroatoms. The minimum Gasteiger partial charge on any atom is -0.467 e. The van der Waals surface area contributed by atoms with E-state index in [-0.39, 0.29) is 17.2 Å². The van der Waals surface area contributed by atoms with Gasteiger partial charge < -0.3 is 9.73 Å². The van der Waals surface area contributed by atoms with E-state index in [4.69, 9.17) is 4.42 Å². The smallest absolute Gasteiger partial charge is 0.224 e. The number of aromatic nitrogens is 2. The molecule has 1 N–H and O–H groups in total. The van der Waals surface area contributed by atoms with Crippen molar-refractivity contribution in [3.8, 4) is 0 Å². The minimum absolute atomic E-state index is 0.176. The molecule has 2 fully saturated rings. The Morgan fingerprint density at radius 2 is 2.30 bits per heavy atom. The number of imidazole rings is 1. The van der Waals surface area contributed by atoms with Gasteiger partial charge in [-0.25, -0.2) is 4.98 Å². The van der Waals surface area contributed by atoms with Crippen molar-refractivity contribution in [3.63, 3.8) is 0 Å². The van der Waals surface area contributed by atoms with Crippen LogP contribution in [0.3, 0.4) is 0 Å². The lowest BCUT2D eigenvalue weighted by molar-refractivity contribution is -0.123. The molecule has 2 aliphatic rings. The normalized spacial score (nSPS) is 21.7. The molecule has 0 bridgehead atoms. The number of furan rings is 1. The SMILES string of the molecule is Cc1nc2sccn2c1CN1CCC2(CC1)C[C@@H]2C(=O)NCc1ccco1. The molecule has 1 aliphatic heterocycles. The second-order valence-corrected chi connectivity index (χ2v) is 8.76. The molecular weight excluding hydrogens is 360 g/mol. The first-order valence-electron chi connectivity index (χ1n) is 9.58. The lowest BCUT2D eigenvalue weighted by atomic mass is 9.90. The molecular formula is C20H24N4O2S. The van der Waals surface area contributed by atoms with Crippen LogP contribution >= 0.6 is 11.3 Å². The molecule has 5 rings (SSSR count). The fourth-order valence-electron chi connectivity index (χ4n) is 4.48. The van der Waals surface area contributed by atoms with Crippen molar-refractivity contribution in [1.82, 2.24) is 19.6 Å². The largest absolute Gasteiger partial charge is 0.467 e. The van der Waals surface area contributed by atoms with E-state index in [1.807, 2.05) is 12.1 Å². The number of thiazole rings is 1. The van der Waals surface area contributed by atoms with Crippen LogP contribution < -0.4 is 5.32 Å². The number of fused-ring (bicyclic) bond motifs is 1. The average Bonchev–Trinajstić information content (AvgIpc) is 3.08. The summed E-state index contributed by atoms with van der Waals surface area (Å²) in [4.78, 5) is 20.7. The van der Waals surface area contributed by atoms with Gasteiger partial charge in [0, 0.05) is 24.0 Å². The van der Waals surface area contributed by atoms with Crippen molar-refractivity contribution in [1.29, 1.82) is 0 Å². The molecule has 142 valence electrons. The highest BCUT2D eigenvalue weighted by Crippen LogP contribution is 2.59. The first-order chi connectivity index (χ1) is 13.1. The summed E-state index contributed by atoms with van der Waals surface area (Å²) >= 11 is 1.68. The van der Waals surface area contributed by atoms with Crippen LogP contribution in [-0.4, -0.2) is 33.3 Å². The number of hydrogen-bond donors (Lipinski definition) is 1. The molecule has 1 saturated heterocycles. The van der Waals surface area contributed by atoms with E-state index >= 15 is 0 Å². The summed E-state index contributed by atoms with van der Waals surface area (Å²) in [6.45, 7) is 5.63. The van der Waals surface area contributed by atoms with Crippen LogP contribution in [0.15, 0.2) is 34.4 Å². The summed E-state index contributed by atoms with van der Waals surface area (Å²) in [6.07, 6.45) is 7.00. The van der Waals surface area contributed by atoms with Crippen LogP contribution in [0.1, 0.15) is 36.4 Å². The van der Waals surface area contributed by atoms with E-state index in [1.165, 1.54) is 5.69 Å². The Hall–Kier alpha value is -2.12. The summed E-state index contributed by atoms with van der Waals surface area (Å²) in [5.74, 6) is 1.17. The van der Waals surface area contributed by atoms with Crippen molar-refractivity contribution in [2.75, 3.05) is 13.1 Å². The highest BCUT2D eigenvalue weighted by molar-refractivity contribution is 7.15. The van der Waals surface area contributed by atoms with Crippen molar-refractivity contribution < 1.29 is 9.21 Å². The molecule has 0 unspecified atom stereocenters. The van der Waals surface area contributed by atoms with E-state index in [9.17, 15) is 4.79 Å². The zero-order chi connectivity index (χ0) is 18.4. The number of carbonyl (C=O) groups excluding carboxylic acids is 1. The summed E-state index contributed by atoms with van der Waals surface area (Å²) in [5, 5.41) is 5.12. The molecule has 1 atom stereocenters. The molecule has 6 nitrogen and oxygen atoms in total. The zero-order valence-corrected chi connectivity index (χ0v) is 16.3. The first kappa shape index (κ1) is 17.0. The van der Waals surface area contributed by atoms with E-state index in [0.717, 1.165) is 55.3 Å². The van der Waals surface area contributed by atoms with Gasteiger partial charge in [0.25, 0.3) is 0 Å². The fraction of sp³-hybridized carbons (Fsp3) is 0.500. The maximum Gasteiger partial charge on any atom is 0.224 e. The van der Waals surface area contributed by atoms with Gasteiger partial charge in [0.2, 0.25) is 5.91 Å². The van der Waals surface area contributed by atoms with Gasteiger partial charge in [0.05, 0.1) is 24.2 Å². The Morgan fingerprint density at radius 1 is 1.44 bits per heavy atom. The second kappa shape index (κ2) is 6.49. The quantitative estimate of drug-likeness (QED) is 0.734. The van der Waals surface area contributed by atoms with E-state index in [0.29, 0.717) is 6.54 Å². The number of carbonyl (C=O) groups is 1. The summed E-state index contributed by atoms with van der Waals surface area (Å²) in [6, 6.07) is 3.74. The Morgan fingerprint density at radius 3 is 3.07 bits per heavy atom. The van der Waals surface area contributed by atoms with Gasteiger partial charge in [-0.15, -0.1) is 11.3 Å². The Kier molecular flexibility index (Phi) is 4.09. The number of aryl methyl sites for hydroxylation is 1. The van der Waals surface area contributed by atoms with Gasteiger partial charge in [-0.2, -0.15) is 0 Å². The van der Waals surface area contributed by atoms with Gasteiger partial charge in [0.15, 0.2) is 4.96 Å². The summed E-state index contributed by atoms with van der Waals surface area (Å²) < 4.78 is 7.51. The Labute approximate surface area is 162 Å². The lowest BCUT2D eigenvalue weighted by Crippen LogP contribution is -2.37. The van der Waals surface area contributed by atoms with Gasteiger partial charge >= 0.3 is 0 Å². The van der Waals surface area contributed by atoms with Crippen LogP contribution in [-0.2, 0) is 17.9 Å². The number of nitrogens with zero attached hydrogens (tertiary/aromatic N) is 3. The van der Waals surface area contributed by atoms with Crippen molar-refractivity contribution >= 4 is 22.2 Å². The molecule has 1 aliphatic carbocycles. The van der Waals surface area contributed by atoms with Crippen LogP contribution in [0.25, 0.3) is 4.96 Å². The maximum absolute atomic E-state index is 12.5. The topological polar surface area (TPSA) is 62.8 Å². The predicted octanol–water partition coefficient (Wildman–Crippen LogP) is 3.22. The first-order valence-corrected chi connectivity index (χ1v) is 10.5. The molecule has 0 aromatic carbocycles. The third-order valence-electron chi connectivity index (χ3n) is 6.31. The number of amides is 1. The predicted molar refractivity (Wildman–Crippen MR) is 103 cm³/mol. The molecule has 0 radical (unpaired) electrons. The van der Waals surface area contributed by atoms with Crippen molar-refractivity contribution in [2.24, 2.45) is 11.3 Å². The Bertz CT molecular complexity index is 950. The van der Waals surface area contributed by atoms with Gasteiger partial charge in [0.1, 0.15) is 5.76 Å². The fourth-order valence-corrected chi connectivity index (χ4v) is 5.26. The third-order valence-corrected chi connectivity index (χ3v) is 7.07. The van der Waals surface area contributed by atoms with Gasteiger partial charge in [-0.1, -0.05) is 0 Å². The number of nitrogens with one attached hydrogen (secondary N) is 1. The van der Waals surface area contributed by atoms with Gasteiger partial charge in [-0.05, 0) is 56.8 Å². The van der Waals surface area contributed by atoms with Crippen molar-refractivity contribution in [3.05, 3.63) is 47.1 Å². The minimum atomic E-state index is 0.176. The lowest BCUT2D eigenvalue weighted by Gasteiger charge is -2.32. The molecule has 3 aromatic heterocycles. The number of rotatable bonds is 5.